The number of rotatable bonds is 5. The summed E-state index contributed by atoms with van der Waals surface area (Å²) in [4.78, 5) is 21.8. The molecule has 90 valence electrons. The lowest BCUT2D eigenvalue weighted by atomic mass is 10.2. The second-order valence-electron chi connectivity index (χ2n) is 3.34. The summed E-state index contributed by atoms with van der Waals surface area (Å²) in [7, 11) is 0. The molecule has 0 amide bonds. The second-order valence-corrected chi connectivity index (χ2v) is 4.25. The predicted octanol–water partition coefficient (Wildman–Crippen LogP) is 2.78. The van der Waals surface area contributed by atoms with Crippen LogP contribution in [0.3, 0.4) is 0 Å². The molecule has 0 spiro atoms. The number of benzene rings is 1. The van der Waals surface area contributed by atoms with E-state index in [2.05, 4.69) is 22.5 Å². The molecule has 1 rings (SSSR count). The van der Waals surface area contributed by atoms with Crippen LogP contribution in [-0.4, -0.2) is 17.0 Å². The third-order valence-corrected chi connectivity index (χ3v) is 2.51. The van der Waals surface area contributed by atoms with Gasteiger partial charge >= 0.3 is 11.9 Å². The summed E-state index contributed by atoms with van der Waals surface area (Å²) in [5, 5.41) is 8.56. The average molecular weight is 299 g/mol. The van der Waals surface area contributed by atoms with E-state index in [4.69, 9.17) is 9.84 Å². The molecule has 0 saturated heterocycles. The first kappa shape index (κ1) is 13.4. The van der Waals surface area contributed by atoms with Crippen molar-refractivity contribution in [2.24, 2.45) is 0 Å². The highest BCUT2D eigenvalue weighted by atomic mass is 79.9. The molecule has 1 aromatic carbocycles. The zero-order chi connectivity index (χ0) is 12.8. The fourth-order valence-electron chi connectivity index (χ4n) is 1.04. The summed E-state index contributed by atoms with van der Waals surface area (Å²) < 4.78 is 5.89. The maximum atomic E-state index is 11.4. The summed E-state index contributed by atoms with van der Waals surface area (Å²) in [5.41, 5.74) is -0.00208. The van der Waals surface area contributed by atoms with Crippen molar-refractivity contribution < 1.29 is 19.4 Å². The molecule has 4 nitrogen and oxygen atoms in total. The second kappa shape index (κ2) is 6.20. The van der Waals surface area contributed by atoms with E-state index >= 15 is 0 Å². The maximum Gasteiger partial charge on any atom is 0.330 e. The number of carbonyl (C=O) groups excluding carboxylic acids is 1. The largest absolute Gasteiger partial charge is 0.478 e. The van der Waals surface area contributed by atoms with Crippen molar-refractivity contribution in [2.45, 2.75) is 12.8 Å². The Morgan fingerprint density at radius 2 is 1.82 bits per heavy atom. The van der Waals surface area contributed by atoms with Gasteiger partial charge in [-0.05, 0) is 30.7 Å². The smallest absolute Gasteiger partial charge is 0.330 e. The Labute approximate surface area is 107 Å². The van der Waals surface area contributed by atoms with Crippen molar-refractivity contribution in [1.29, 1.82) is 0 Å². The Morgan fingerprint density at radius 1 is 1.24 bits per heavy atom. The van der Waals surface area contributed by atoms with Crippen LogP contribution in [0.5, 0.6) is 5.75 Å². The Morgan fingerprint density at radius 3 is 2.35 bits per heavy atom. The molecule has 0 saturated carbocycles. The lowest BCUT2D eigenvalue weighted by molar-refractivity contribution is -0.134. The van der Waals surface area contributed by atoms with Crippen molar-refractivity contribution in [1.82, 2.24) is 0 Å². The monoisotopic (exact) mass is 298 g/mol. The molecule has 1 N–H and O–H groups in total. The van der Waals surface area contributed by atoms with Crippen LogP contribution in [-0.2, 0) is 9.59 Å². The minimum atomic E-state index is -1.10. The van der Waals surface area contributed by atoms with Gasteiger partial charge in [-0.3, -0.25) is 4.79 Å². The van der Waals surface area contributed by atoms with Gasteiger partial charge in [0.25, 0.3) is 0 Å². The first-order valence-electron chi connectivity index (χ1n) is 4.86. The van der Waals surface area contributed by atoms with Gasteiger partial charge in [0.2, 0.25) is 0 Å². The maximum absolute atomic E-state index is 11.4. The summed E-state index contributed by atoms with van der Waals surface area (Å²) in [6.45, 7) is 3.33. The summed E-state index contributed by atoms with van der Waals surface area (Å²) >= 11 is 3.26. The Kier molecular flexibility index (Phi) is 4.90. The van der Waals surface area contributed by atoms with Crippen molar-refractivity contribution in [3.05, 3.63) is 40.9 Å². The first-order chi connectivity index (χ1) is 7.99. The minimum Gasteiger partial charge on any atom is -0.478 e. The van der Waals surface area contributed by atoms with Crippen LogP contribution in [0.1, 0.15) is 12.8 Å². The van der Waals surface area contributed by atoms with E-state index in [1.165, 1.54) is 0 Å². The van der Waals surface area contributed by atoms with Crippen LogP contribution >= 0.6 is 15.9 Å². The number of esters is 1. The number of carboxylic acid groups (broad SMARTS) is 1. The van der Waals surface area contributed by atoms with Gasteiger partial charge in [0.05, 0.1) is 6.42 Å². The molecular formula is C12H11BrO4. The number of hydrogen-bond acceptors (Lipinski definition) is 3. The summed E-state index contributed by atoms with van der Waals surface area (Å²) in [6.07, 6.45) is 0.0892. The highest BCUT2D eigenvalue weighted by Gasteiger charge is 2.09. The van der Waals surface area contributed by atoms with E-state index in [-0.39, 0.29) is 18.4 Å². The van der Waals surface area contributed by atoms with Crippen LogP contribution in [0.4, 0.5) is 0 Å². The van der Waals surface area contributed by atoms with Crippen LogP contribution in [0.2, 0.25) is 0 Å². The van der Waals surface area contributed by atoms with Crippen molar-refractivity contribution in [3.8, 4) is 5.75 Å². The molecule has 0 aliphatic carbocycles. The molecule has 0 heterocycles. The highest BCUT2D eigenvalue weighted by Crippen LogP contribution is 2.17. The molecule has 17 heavy (non-hydrogen) atoms. The van der Waals surface area contributed by atoms with Gasteiger partial charge in [-0.2, -0.15) is 0 Å². The van der Waals surface area contributed by atoms with E-state index in [9.17, 15) is 9.59 Å². The molecule has 0 fully saturated rings. The third kappa shape index (κ3) is 4.82. The molecule has 0 radical (unpaired) electrons. The molecule has 0 aliphatic rings. The molecular weight excluding hydrogens is 288 g/mol. The van der Waals surface area contributed by atoms with Gasteiger partial charge in [0.15, 0.2) is 0 Å². The van der Waals surface area contributed by atoms with Gasteiger partial charge in [0.1, 0.15) is 5.75 Å². The number of halogens is 1. The topological polar surface area (TPSA) is 63.6 Å². The number of ether oxygens (including phenoxy) is 1. The zero-order valence-electron chi connectivity index (χ0n) is 8.98. The number of aliphatic carboxylic acids is 1. The van der Waals surface area contributed by atoms with Gasteiger partial charge in [-0.15, -0.1) is 0 Å². The molecule has 5 heteroatoms. The fraction of sp³-hybridized carbons (Fsp3) is 0.167. The molecule has 0 unspecified atom stereocenters. The number of hydrogen-bond donors (Lipinski definition) is 1. The summed E-state index contributed by atoms with van der Waals surface area (Å²) in [5.74, 6) is -1.14. The van der Waals surface area contributed by atoms with Crippen LogP contribution in [0.15, 0.2) is 40.9 Å². The molecule has 1 aromatic rings. The van der Waals surface area contributed by atoms with Crippen molar-refractivity contribution in [3.63, 3.8) is 0 Å². The van der Waals surface area contributed by atoms with Crippen LogP contribution in [0.25, 0.3) is 0 Å². The van der Waals surface area contributed by atoms with Gasteiger partial charge in [-0.1, -0.05) is 22.5 Å². The molecule has 0 aromatic heterocycles. The Bertz CT molecular complexity index is 436. The lowest BCUT2D eigenvalue weighted by Crippen LogP contribution is -2.09. The highest BCUT2D eigenvalue weighted by molar-refractivity contribution is 9.10. The van der Waals surface area contributed by atoms with Crippen LogP contribution < -0.4 is 4.74 Å². The lowest BCUT2D eigenvalue weighted by Gasteiger charge is -2.04. The van der Waals surface area contributed by atoms with Gasteiger partial charge in [-0.25, -0.2) is 4.79 Å². The van der Waals surface area contributed by atoms with Gasteiger partial charge in [0, 0.05) is 10.0 Å². The third-order valence-electron chi connectivity index (χ3n) is 1.98. The van der Waals surface area contributed by atoms with E-state index in [0.717, 1.165) is 4.47 Å². The van der Waals surface area contributed by atoms with E-state index in [0.29, 0.717) is 5.75 Å². The Hall–Kier alpha value is -1.62. The molecule has 0 bridgehead atoms. The summed E-state index contributed by atoms with van der Waals surface area (Å²) in [6, 6.07) is 6.79. The van der Waals surface area contributed by atoms with Crippen molar-refractivity contribution in [2.75, 3.05) is 0 Å². The van der Waals surface area contributed by atoms with Crippen molar-refractivity contribution >= 4 is 27.9 Å². The molecule has 0 aliphatic heterocycles. The standard InChI is InChI=1S/C12H11BrO4/c1-8(12(15)16)2-7-11(14)17-10-5-3-9(13)4-6-10/h3-6H,1-2,7H2,(H,15,16). The fourth-order valence-corrected chi connectivity index (χ4v) is 1.31. The predicted molar refractivity (Wildman–Crippen MR) is 65.8 cm³/mol. The number of carboxylic acids is 1. The van der Waals surface area contributed by atoms with Gasteiger partial charge < -0.3 is 9.84 Å². The molecule has 0 atom stereocenters. The van der Waals surface area contributed by atoms with Crippen LogP contribution in [0, 0.1) is 0 Å². The zero-order valence-corrected chi connectivity index (χ0v) is 10.6. The van der Waals surface area contributed by atoms with E-state index < -0.39 is 11.9 Å². The normalized spacial score (nSPS) is 9.71. The average Bonchev–Trinajstić information content (AvgIpc) is 2.29. The van der Waals surface area contributed by atoms with E-state index in [1.807, 2.05) is 0 Å². The first-order valence-corrected chi connectivity index (χ1v) is 5.65. The minimum absolute atomic E-state index is 0.00119. The quantitative estimate of drug-likeness (QED) is 0.516. The SMILES string of the molecule is C=C(CCC(=O)Oc1ccc(Br)cc1)C(=O)O. The number of carbonyl (C=O) groups is 2. The Balaban J connectivity index is 2.42. The van der Waals surface area contributed by atoms with E-state index in [1.54, 1.807) is 24.3 Å².